The highest BCUT2D eigenvalue weighted by atomic mass is 32.1. The number of hydrogen-bond acceptors (Lipinski definition) is 4. The fraction of sp³-hybridized carbons (Fsp3) is 0.667. The molecule has 0 saturated heterocycles. The van der Waals surface area contributed by atoms with Crippen LogP contribution in [0.4, 0.5) is 4.79 Å². The van der Waals surface area contributed by atoms with Gasteiger partial charge in [0.05, 0.1) is 0 Å². The normalized spacial score (nSPS) is 8.25. The van der Waals surface area contributed by atoms with E-state index in [1.165, 1.54) is 0 Å². The summed E-state index contributed by atoms with van der Waals surface area (Å²) in [4.78, 5) is 10.1. The van der Waals surface area contributed by atoms with E-state index < -0.39 is 6.09 Å². The van der Waals surface area contributed by atoms with Crippen molar-refractivity contribution in [3.05, 3.63) is 0 Å². The second-order valence-corrected chi connectivity index (χ2v) is 1.64. The lowest BCUT2D eigenvalue weighted by Gasteiger charge is -1.97. The van der Waals surface area contributed by atoms with Crippen LogP contribution in [0.25, 0.3) is 0 Å². The Morgan fingerprint density at radius 3 is 2.75 bits per heavy atom. The van der Waals surface area contributed by atoms with Gasteiger partial charge in [0.2, 0.25) is 0 Å². The van der Waals surface area contributed by atoms with Gasteiger partial charge in [-0.2, -0.15) is 12.6 Å². The van der Waals surface area contributed by atoms with Crippen LogP contribution in [0.2, 0.25) is 0 Å². The van der Waals surface area contributed by atoms with E-state index in [-0.39, 0.29) is 0 Å². The molecule has 3 nitrogen and oxygen atoms in total. The van der Waals surface area contributed by atoms with Crippen molar-refractivity contribution in [2.24, 2.45) is 0 Å². The van der Waals surface area contributed by atoms with E-state index in [1.807, 2.05) is 4.72 Å². The third kappa shape index (κ3) is 4.14. The summed E-state index contributed by atoms with van der Waals surface area (Å²) in [6.07, 6.45) is -0.539. The molecule has 1 N–H and O–H groups in total. The van der Waals surface area contributed by atoms with Crippen LogP contribution < -0.4 is 4.72 Å². The number of nitrogens with one attached hydrogen (secondary N) is 1. The van der Waals surface area contributed by atoms with Crippen LogP contribution in [0.1, 0.15) is 0 Å². The maximum Gasteiger partial charge on any atom is 0.417 e. The molecule has 0 spiro atoms. The predicted molar refractivity (Wildman–Crippen MR) is 37.3 cm³/mol. The number of carbonyl (C=O) groups excluding carboxylic acids is 1. The topological polar surface area (TPSA) is 38.3 Å². The molecule has 0 aromatic rings. The monoisotopic (exact) mass is 153 g/mol. The zero-order valence-corrected chi connectivity index (χ0v) is 5.91. The Morgan fingerprint density at radius 1 is 1.75 bits per heavy atom. The van der Waals surface area contributed by atoms with Crippen molar-refractivity contribution >= 4 is 31.5 Å². The zero-order valence-electron chi connectivity index (χ0n) is 4.13. The Kier molecular flexibility index (Phi) is 5.09. The molecular formula is C3H7NO2S2. The summed E-state index contributed by atoms with van der Waals surface area (Å²) >= 11 is 7.24. The number of carbonyl (C=O) groups is 1. The van der Waals surface area contributed by atoms with Crippen LogP contribution in [0.15, 0.2) is 0 Å². The van der Waals surface area contributed by atoms with Crippen molar-refractivity contribution < 1.29 is 9.53 Å². The van der Waals surface area contributed by atoms with Gasteiger partial charge >= 0.3 is 6.09 Å². The number of amides is 1. The van der Waals surface area contributed by atoms with Crippen molar-refractivity contribution in [3.8, 4) is 0 Å². The minimum Gasteiger partial charge on any atom is -0.448 e. The van der Waals surface area contributed by atoms with Gasteiger partial charge < -0.3 is 4.74 Å². The van der Waals surface area contributed by atoms with Gasteiger partial charge in [0, 0.05) is 5.75 Å². The minimum absolute atomic E-state index is 0.315. The second kappa shape index (κ2) is 5.11. The summed E-state index contributed by atoms with van der Waals surface area (Å²) in [5, 5.41) is 0. The van der Waals surface area contributed by atoms with Crippen molar-refractivity contribution in [1.82, 2.24) is 4.72 Å². The Morgan fingerprint density at radius 2 is 2.38 bits per heavy atom. The first-order valence-corrected chi connectivity index (χ1v) is 3.07. The lowest BCUT2D eigenvalue weighted by atomic mass is 10.9. The van der Waals surface area contributed by atoms with Crippen molar-refractivity contribution in [1.29, 1.82) is 0 Å². The summed E-state index contributed by atoms with van der Waals surface area (Å²) in [7, 11) is 0. The summed E-state index contributed by atoms with van der Waals surface area (Å²) in [6.45, 7) is 0.315. The van der Waals surface area contributed by atoms with Gasteiger partial charge in [-0.15, -0.1) is 0 Å². The molecule has 0 saturated carbocycles. The molecule has 0 rings (SSSR count). The SMILES string of the molecule is O=C(NS)OCCS. The fourth-order valence-corrected chi connectivity index (χ4v) is 0.326. The molecule has 5 heteroatoms. The molecule has 0 aliphatic carbocycles. The number of thiol groups is 2. The molecule has 0 aliphatic rings. The molecule has 0 aromatic carbocycles. The molecule has 8 heavy (non-hydrogen) atoms. The molecule has 0 unspecified atom stereocenters. The van der Waals surface area contributed by atoms with Crippen LogP contribution in [0, 0.1) is 0 Å². The predicted octanol–water partition coefficient (Wildman–Crippen LogP) is 0.487. The molecule has 0 heterocycles. The summed E-state index contributed by atoms with van der Waals surface area (Å²) in [5.41, 5.74) is 0. The molecule has 0 aromatic heterocycles. The van der Waals surface area contributed by atoms with Crippen LogP contribution in [0.3, 0.4) is 0 Å². The Balaban J connectivity index is 2.99. The molecule has 0 fully saturated rings. The Labute approximate surface area is 58.7 Å². The summed E-state index contributed by atoms with van der Waals surface area (Å²) < 4.78 is 6.44. The van der Waals surface area contributed by atoms with Crippen LogP contribution in [0.5, 0.6) is 0 Å². The van der Waals surface area contributed by atoms with Gasteiger partial charge in [-0.3, -0.25) is 4.72 Å². The van der Waals surface area contributed by atoms with E-state index >= 15 is 0 Å². The Bertz CT molecular complexity index is 77.7. The molecule has 1 amide bonds. The standard InChI is InChI=1S/C3H7NO2S2/c5-3(4-8)6-1-2-7/h7-8H,1-2H2,(H,4,5). The molecule has 0 bridgehead atoms. The third-order valence-corrected chi connectivity index (χ3v) is 0.781. The first kappa shape index (κ1) is 7.97. The highest BCUT2D eigenvalue weighted by Gasteiger charge is 1.93. The first-order chi connectivity index (χ1) is 3.81. The first-order valence-electron chi connectivity index (χ1n) is 1.99. The van der Waals surface area contributed by atoms with Crippen molar-refractivity contribution in [3.63, 3.8) is 0 Å². The molecule has 48 valence electrons. The van der Waals surface area contributed by atoms with Crippen LogP contribution in [-0.4, -0.2) is 18.5 Å². The summed E-state index contributed by atoms with van der Waals surface area (Å²) in [5.74, 6) is 0.529. The van der Waals surface area contributed by atoms with Crippen LogP contribution in [-0.2, 0) is 4.74 Å². The molecular weight excluding hydrogens is 146 g/mol. The van der Waals surface area contributed by atoms with E-state index in [0.717, 1.165) is 0 Å². The van der Waals surface area contributed by atoms with Gasteiger partial charge in [-0.25, -0.2) is 4.79 Å². The Hall–Kier alpha value is -0.0300. The molecule has 0 aliphatic heterocycles. The molecule has 0 radical (unpaired) electrons. The number of rotatable bonds is 2. The number of ether oxygens (including phenoxy) is 1. The maximum absolute atomic E-state index is 10.1. The summed E-state index contributed by atoms with van der Waals surface area (Å²) in [6, 6.07) is 0. The van der Waals surface area contributed by atoms with E-state index in [2.05, 4.69) is 30.2 Å². The van der Waals surface area contributed by atoms with E-state index in [9.17, 15) is 4.79 Å². The smallest absolute Gasteiger partial charge is 0.417 e. The zero-order chi connectivity index (χ0) is 6.41. The third-order valence-electron chi connectivity index (χ3n) is 0.416. The largest absolute Gasteiger partial charge is 0.448 e. The van der Waals surface area contributed by atoms with E-state index in [0.29, 0.717) is 12.4 Å². The molecule has 0 atom stereocenters. The van der Waals surface area contributed by atoms with Gasteiger partial charge in [0.15, 0.2) is 0 Å². The van der Waals surface area contributed by atoms with Crippen molar-refractivity contribution in [2.45, 2.75) is 0 Å². The maximum atomic E-state index is 10.1. The lowest BCUT2D eigenvalue weighted by Crippen LogP contribution is -2.15. The van der Waals surface area contributed by atoms with E-state index in [1.54, 1.807) is 0 Å². The van der Waals surface area contributed by atoms with Crippen molar-refractivity contribution in [2.75, 3.05) is 12.4 Å². The van der Waals surface area contributed by atoms with Gasteiger partial charge in [-0.1, -0.05) is 12.8 Å². The fourth-order valence-electron chi connectivity index (χ4n) is 0.171. The number of hydrogen-bond donors (Lipinski definition) is 3. The highest BCUT2D eigenvalue weighted by molar-refractivity contribution is 7.80. The van der Waals surface area contributed by atoms with Crippen LogP contribution >= 0.6 is 25.4 Å². The van der Waals surface area contributed by atoms with Gasteiger partial charge in [0.1, 0.15) is 6.61 Å². The highest BCUT2D eigenvalue weighted by Crippen LogP contribution is 1.79. The second-order valence-electron chi connectivity index (χ2n) is 0.971. The van der Waals surface area contributed by atoms with Gasteiger partial charge in [0.25, 0.3) is 0 Å². The minimum atomic E-state index is -0.539. The quantitative estimate of drug-likeness (QED) is 0.505. The lowest BCUT2D eigenvalue weighted by molar-refractivity contribution is 0.161. The average Bonchev–Trinajstić information content (AvgIpc) is 1.83. The van der Waals surface area contributed by atoms with E-state index in [4.69, 9.17) is 0 Å². The average molecular weight is 153 g/mol. The van der Waals surface area contributed by atoms with Gasteiger partial charge in [-0.05, 0) is 0 Å².